The fourth-order valence-corrected chi connectivity index (χ4v) is 1.93. The second-order valence-electron chi connectivity index (χ2n) is 3.95. The Bertz CT molecular complexity index is 606. The van der Waals surface area contributed by atoms with Crippen LogP contribution in [-0.4, -0.2) is 29.4 Å². The first kappa shape index (κ1) is 7.93. The molecule has 0 fully saturated rings. The monoisotopic (exact) mass is 234 g/mol. The zero-order valence-corrected chi connectivity index (χ0v) is 10.5. The summed E-state index contributed by atoms with van der Waals surface area (Å²) in [7, 11) is 0. The van der Waals surface area contributed by atoms with E-state index in [9.17, 15) is 0 Å². The summed E-state index contributed by atoms with van der Waals surface area (Å²) in [6.45, 7) is 0.477. The first-order valence-corrected chi connectivity index (χ1v) is 6.14. The van der Waals surface area contributed by atoms with Crippen molar-refractivity contribution < 1.29 is 5.48 Å². The van der Waals surface area contributed by atoms with Crippen LogP contribution in [0.3, 0.4) is 0 Å². The number of hydrogen-bond donors (Lipinski definition) is 1. The quantitative estimate of drug-likeness (QED) is 0.811. The van der Waals surface area contributed by atoms with E-state index in [1.807, 2.05) is 30.5 Å². The van der Waals surface area contributed by atoms with Crippen LogP contribution in [0.5, 0.6) is 0 Å². The average Bonchev–Trinajstić information content (AvgIpc) is 2.82. The van der Waals surface area contributed by atoms with Crippen LogP contribution in [0.4, 0.5) is 0 Å². The normalized spacial score (nSPS) is 16.6. The van der Waals surface area contributed by atoms with Crippen LogP contribution >= 0.6 is 0 Å². The van der Waals surface area contributed by atoms with E-state index >= 15 is 0 Å². The molecule has 2 heteroatoms. The molecule has 0 amide bonds. The second kappa shape index (κ2) is 5.87. The highest BCUT2D eigenvalue weighted by Crippen LogP contribution is 2.18. The van der Waals surface area contributed by atoms with Crippen LogP contribution in [0.25, 0.3) is 10.9 Å². The molecule has 0 saturated carbocycles. The number of aromatic nitrogens is 1. The molecule has 2 aromatic rings. The molecular weight excluding hydrogens is 208 g/mol. The summed E-state index contributed by atoms with van der Waals surface area (Å²) in [6, 6.07) is 7.78. The average molecular weight is 234 g/mol. The molecule has 2 rings (SSSR count). The minimum absolute atomic E-state index is 0.157. The summed E-state index contributed by atoms with van der Waals surface area (Å²) in [4.78, 5) is 4.45. The maximum Gasteiger partial charge on any atom is 0.0456 e. The van der Waals surface area contributed by atoms with Gasteiger partial charge in [0.1, 0.15) is 0 Å². The predicted molar refractivity (Wildman–Crippen MR) is 74.4 cm³/mol. The van der Waals surface area contributed by atoms with Crippen LogP contribution in [-0.2, 0) is 6.42 Å². The number of fused-ring (bicyclic) bond motifs is 1. The summed E-state index contributed by atoms with van der Waals surface area (Å²) in [5.74, 6) is 0. The van der Waals surface area contributed by atoms with E-state index in [1.54, 1.807) is 13.8 Å². The standard InChI is InChI=1S/C15H22N2/c1-3-10-17(4-2)11-9-13-12-16-15-8-6-5-7-14(13)15/h5-8,12,16H,3-4,9-11H2,1-2H3/i10D2,11D2. The van der Waals surface area contributed by atoms with Gasteiger partial charge in [0.05, 0.1) is 0 Å². The zero-order valence-electron chi connectivity index (χ0n) is 14.5. The lowest BCUT2D eigenvalue weighted by Crippen LogP contribution is -2.26. The Kier molecular flexibility index (Phi) is 2.74. The van der Waals surface area contributed by atoms with Crippen LogP contribution in [0.2, 0.25) is 0 Å². The van der Waals surface area contributed by atoms with E-state index in [1.165, 1.54) is 4.90 Å². The summed E-state index contributed by atoms with van der Waals surface area (Å²) >= 11 is 0. The van der Waals surface area contributed by atoms with Crippen molar-refractivity contribution in [3.05, 3.63) is 36.0 Å². The minimum atomic E-state index is -1.74. The van der Waals surface area contributed by atoms with Crippen molar-refractivity contribution in [2.75, 3.05) is 19.5 Å². The third-order valence-electron chi connectivity index (χ3n) is 2.80. The first-order valence-electron chi connectivity index (χ1n) is 8.14. The minimum Gasteiger partial charge on any atom is -0.361 e. The third-order valence-corrected chi connectivity index (χ3v) is 2.80. The Morgan fingerprint density at radius 3 is 2.82 bits per heavy atom. The number of likely N-dealkylation sites (N-methyl/N-ethyl adjacent to an activating group) is 1. The third kappa shape index (κ3) is 2.89. The smallest absolute Gasteiger partial charge is 0.0456 e. The molecule has 1 heterocycles. The molecule has 92 valence electrons. The van der Waals surface area contributed by atoms with Gasteiger partial charge < -0.3 is 9.88 Å². The number of rotatable bonds is 6. The molecular formula is C15H22N2. The summed E-state index contributed by atoms with van der Waals surface area (Å²) in [5.41, 5.74) is 1.85. The highest BCUT2D eigenvalue weighted by Gasteiger charge is 2.05. The SMILES string of the molecule is [2H]C([2H])(CC)N(CC)C([2H])([2H])Cc1c[nH]c2ccccc12. The van der Waals surface area contributed by atoms with Crippen LogP contribution in [0.1, 0.15) is 31.3 Å². The molecule has 17 heavy (non-hydrogen) atoms. The molecule has 2 nitrogen and oxygen atoms in total. The van der Waals surface area contributed by atoms with Crippen molar-refractivity contribution in [3.63, 3.8) is 0 Å². The van der Waals surface area contributed by atoms with Gasteiger partial charge >= 0.3 is 0 Å². The summed E-state index contributed by atoms with van der Waals surface area (Å²) in [5, 5.41) is 0.995. The Morgan fingerprint density at radius 2 is 2.06 bits per heavy atom. The molecule has 0 aliphatic carbocycles. The molecule has 0 radical (unpaired) electrons. The van der Waals surface area contributed by atoms with Gasteiger partial charge in [-0.3, -0.25) is 0 Å². The largest absolute Gasteiger partial charge is 0.361 e. The molecule has 0 saturated heterocycles. The van der Waals surface area contributed by atoms with E-state index in [0.29, 0.717) is 6.54 Å². The highest BCUT2D eigenvalue weighted by atomic mass is 15.1. The molecule has 0 bridgehead atoms. The van der Waals surface area contributed by atoms with Gasteiger partial charge in [0.25, 0.3) is 0 Å². The molecule has 0 aliphatic heterocycles. The fraction of sp³-hybridized carbons (Fsp3) is 0.467. The Morgan fingerprint density at radius 1 is 1.24 bits per heavy atom. The lowest BCUT2D eigenvalue weighted by molar-refractivity contribution is 0.293. The molecule has 0 atom stereocenters. The van der Waals surface area contributed by atoms with Gasteiger partial charge in [-0.2, -0.15) is 0 Å². The molecule has 0 spiro atoms. The summed E-state index contributed by atoms with van der Waals surface area (Å²) in [6.07, 6.45) is 2.23. The zero-order chi connectivity index (χ0) is 15.7. The molecule has 0 unspecified atom stereocenters. The molecule has 1 aromatic carbocycles. The van der Waals surface area contributed by atoms with Gasteiger partial charge in [0, 0.05) is 29.1 Å². The van der Waals surface area contributed by atoms with Crippen molar-refractivity contribution in [2.45, 2.75) is 26.7 Å². The first-order chi connectivity index (χ1) is 9.81. The van der Waals surface area contributed by atoms with Gasteiger partial charge in [-0.1, -0.05) is 32.0 Å². The number of para-hydroxylation sites is 1. The van der Waals surface area contributed by atoms with E-state index in [-0.39, 0.29) is 12.8 Å². The molecule has 0 aliphatic rings. The van der Waals surface area contributed by atoms with Crippen molar-refractivity contribution in [1.82, 2.24) is 9.88 Å². The predicted octanol–water partition coefficient (Wildman–Crippen LogP) is 3.44. The van der Waals surface area contributed by atoms with E-state index in [0.717, 1.165) is 16.5 Å². The number of H-pyrrole nitrogens is 1. The maximum absolute atomic E-state index is 8.33. The van der Waals surface area contributed by atoms with Crippen molar-refractivity contribution in [3.8, 4) is 0 Å². The number of benzene rings is 1. The highest BCUT2D eigenvalue weighted by molar-refractivity contribution is 5.83. The maximum atomic E-state index is 8.33. The second-order valence-corrected chi connectivity index (χ2v) is 3.95. The van der Waals surface area contributed by atoms with Gasteiger partial charge in [0.15, 0.2) is 0 Å². The Labute approximate surface area is 109 Å². The van der Waals surface area contributed by atoms with E-state index < -0.39 is 13.0 Å². The van der Waals surface area contributed by atoms with Crippen molar-refractivity contribution in [1.29, 1.82) is 0 Å². The Hall–Kier alpha value is -1.28. The molecule has 1 N–H and O–H groups in total. The van der Waals surface area contributed by atoms with Crippen LogP contribution in [0, 0.1) is 0 Å². The number of aryl methyl sites for hydroxylation is 1. The van der Waals surface area contributed by atoms with Crippen LogP contribution in [0.15, 0.2) is 30.5 Å². The Balaban J connectivity index is 2.31. The number of nitrogens with one attached hydrogen (secondary N) is 1. The van der Waals surface area contributed by atoms with Crippen molar-refractivity contribution >= 4 is 10.9 Å². The van der Waals surface area contributed by atoms with Crippen molar-refractivity contribution in [2.24, 2.45) is 0 Å². The molecule has 1 aromatic heterocycles. The van der Waals surface area contributed by atoms with Gasteiger partial charge in [-0.15, -0.1) is 0 Å². The van der Waals surface area contributed by atoms with E-state index in [2.05, 4.69) is 4.98 Å². The number of hydrogen-bond acceptors (Lipinski definition) is 1. The topological polar surface area (TPSA) is 19.0 Å². The number of nitrogens with zero attached hydrogens (tertiary/aromatic N) is 1. The van der Waals surface area contributed by atoms with Crippen LogP contribution < -0.4 is 0 Å². The van der Waals surface area contributed by atoms with E-state index in [4.69, 9.17) is 5.48 Å². The summed E-state index contributed by atoms with van der Waals surface area (Å²) < 4.78 is 32.7. The number of aromatic amines is 1. The van der Waals surface area contributed by atoms with Gasteiger partial charge in [-0.25, -0.2) is 0 Å². The fourth-order valence-electron chi connectivity index (χ4n) is 1.93. The van der Waals surface area contributed by atoms with Gasteiger partial charge in [0.2, 0.25) is 0 Å². The lowest BCUT2D eigenvalue weighted by Gasteiger charge is -2.18. The van der Waals surface area contributed by atoms with Gasteiger partial charge in [-0.05, 0) is 37.5 Å². The lowest BCUT2D eigenvalue weighted by atomic mass is 10.1.